The van der Waals surface area contributed by atoms with Crippen LogP contribution in [0.4, 0.5) is 5.69 Å². The first-order valence-corrected chi connectivity index (χ1v) is 7.50. The van der Waals surface area contributed by atoms with Crippen LogP contribution >= 0.6 is 45.8 Å². The number of alkyl halides is 1. The molecule has 0 bridgehead atoms. The summed E-state index contributed by atoms with van der Waals surface area (Å²) < 4.78 is 1.01. The summed E-state index contributed by atoms with van der Waals surface area (Å²) in [5.74, 6) is 0.182. The first-order chi connectivity index (χ1) is 9.10. The average molecular weight is 406 g/mol. The maximum absolute atomic E-state index is 12.1. The minimum absolute atomic E-state index is 0.198. The standard InChI is InChI=1S/C14H10Cl2INO/c15-8-9-2-1-3-10(6-9)14(19)18-13-7-11(17)4-5-12(13)16/h1-7H,8H2,(H,18,19). The molecule has 2 nitrogen and oxygen atoms in total. The zero-order chi connectivity index (χ0) is 13.8. The highest BCUT2D eigenvalue weighted by atomic mass is 127. The molecule has 0 heterocycles. The predicted molar refractivity (Wildman–Crippen MR) is 88.1 cm³/mol. The maximum Gasteiger partial charge on any atom is 0.255 e. The normalized spacial score (nSPS) is 10.3. The summed E-state index contributed by atoms with van der Waals surface area (Å²) in [4.78, 5) is 12.1. The van der Waals surface area contributed by atoms with E-state index < -0.39 is 0 Å². The Labute approximate surface area is 135 Å². The Morgan fingerprint density at radius 3 is 2.74 bits per heavy atom. The summed E-state index contributed by atoms with van der Waals surface area (Å²) in [5, 5.41) is 3.32. The fourth-order valence-corrected chi connectivity index (χ4v) is 2.41. The van der Waals surface area contributed by atoms with Crippen molar-refractivity contribution in [2.24, 2.45) is 0 Å². The minimum atomic E-state index is -0.198. The molecule has 1 N–H and O–H groups in total. The summed E-state index contributed by atoms with van der Waals surface area (Å²) in [6.07, 6.45) is 0. The molecule has 19 heavy (non-hydrogen) atoms. The Hall–Kier alpha value is -0.780. The van der Waals surface area contributed by atoms with Gasteiger partial charge in [0, 0.05) is 15.0 Å². The van der Waals surface area contributed by atoms with E-state index in [1.165, 1.54) is 0 Å². The predicted octanol–water partition coefficient (Wildman–Crippen LogP) is 4.94. The van der Waals surface area contributed by atoms with Crippen LogP contribution in [0, 0.1) is 3.57 Å². The van der Waals surface area contributed by atoms with E-state index in [4.69, 9.17) is 23.2 Å². The molecule has 0 saturated heterocycles. The quantitative estimate of drug-likeness (QED) is 0.568. The van der Waals surface area contributed by atoms with Crippen LogP contribution in [0.3, 0.4) is 0 Å². The van der Waals surface area contributed by atoms with Gasteiger partial charge in [0.05, 0.1) is 10.7 Å². The van der Waals surface area contributed by atoms with Crippen molar-refractivity contribution < 1.29 is 4.79 Å². The Balaban J connectivity index is 2.22. The zero-order valence-corrected chi connectivity index (χ0v) is 13.5. The molecule has 0 atom stereocenters. The van der Waals surface area contributed by atoms with Gasteiger partial charge in [-0.05, 0) is 58.5 Å². The summed E-state index contributed by atoms with van der Waals surface area (Å²) in [7, 11) is 0. The molecule has 1 amide bonds. The minimum Gasteiger partial charge on any atom is -0.321 e. The molecule has 0 unspecified atom stereocenters. The van der Waals surface area contributed by atoms with Crippen molar-refractivity contribution in [1.29, 1.82) is 0 Å². The van der Waals surface area contributed by atoms with Gasteiger partial charge in [-0.3, -0.25) is 4.79 Å². The zero-order valence-electron chi connectivity index (χ0n) is 9.79. The molecule has 0 radical (unpaired) electrons. The second kappa shape index (κ2) is 6.59. The van der Waals surface area contributed by atoms with Gasteiger partial charge >= 0.3 is 0 Å². The van der Waals surface area contributed by atoms with Crippen molar-refractivity contribution in [2.45, 2.75) is 5.88 Å². The fourth-order valence-electron chi connectivity index (χ4n) is 1.58. The maximum atomic E-state index is 12.1. The lowest BCUT2D eigenvalue weighted by Crippen LogP contribution is -2.12. The van der Waals surface area contributed by atoms with E-state index in [-0.39, 0.29) is 5.91 Å². The number of nitrogens with one attached hydrogen (secondary N) is 1. The molecular weight excluding hydrogens is 396 g/mol. The Kier molecular flexibility index (Phi) is 5.07. The van der Waals surface area contributed by atoms with Gasteiger partial charge in [-0.1, -0.05) is 23.7 Å². The van der Waals surface area contributed by atoms with Crippen molar-refractivity contribution in [3.63, 3.8) is 0 Å². The van der Waals surface area contributed by atoms with E-state index in [1.54, 1.807) is 18.2 Å². The van der Waals surface area contributed by atoms with Crippen LogP contribution in [0.25, 0.3) is 0 Å². The lowest BCUT2D eigenvalue weighted by atomic mass is 10.1. The number of anilines is 1. The Bertz CT molecular complexity index is 616. The average Bonchev–Trinajstić information content (AvgIpc) is 2.43. The Morgan fingerprint density at radius 1 is 1.21 bits per heavy atom. The van der Waals surface area contributed by atoms with Crippen molar-refractivity contribution >= 4 is 57.4 Å². The number of carbonyl (C=O) groups is 1. The van der Waals surface area contributed by atoms with Gasteiger partial charge in [0.25, 0.3) is 5.91 Å². The van der Waals surface area contributed by atoms with Crippen LogP contribution in [-0.2, 0) is 5.88 Å². The lowest BCUT2D eigenvalue weighted by Gasteiger charge is -2.08. The molecule has 0 aliphatic rings. The van der Waals surface area contributed by atoms with Gasteiger partial charge in [-0.15, -0.1) is 11.6 Å². The van der Waals surface area contributed by atoms with Crippen LogP contribution in [0.5, 0.6) is 0 Å². The Morgan fingerprint density at radius 2 is 2.00 bits per heavy atom. The van der Waals surface area contributed by atoms with Gasteiger partial charge in [-0.2, -0.15) is 0 Å². The number of benzene rings is 2. The number of halogens is 3. The van der Waals surface area contributed by atoms with Crippen LogP contribution in [-0.4, -0.2) is 5.91 Å². The van der Waals surface area contributed by atoms with E-state index in [1.807, 2.05) is 24.3 Å². The van der Waals surface area contributed by atoms with Crippen molar-refractivity contribution in [3.05, 3.63) is 62.2 Å². The monoisotopic (exact) mass is 405 g/mol. The van der Waals surface area contributed by atoms with Crippen molar-refractivity contribution in [2.75, 3.05) is 5.32 Å². The summed E-state index contributed by atoms with van der Waals surface area (Å²) in [5.41, 5.74) is 2.07. The van der Waals surface area contributed by atoms with Gasteiger partial charge < -0.3 is 5.32 Å². The van der Waals surface area contributed by atoms with E-state index in [9.17, 15) is 4.79 Å². The number of amides is 1. The first kappa shape index (κ1) is 14.6. The van der Waals surface area contributed by atoms with E-state index in [0.717, 1.165) is 9.13 Å². The van der Waals surface area contributed by atoms with Gasteiger partial charge in [0.2, 0.25) is 0 Å². The highest BCUT2D eigenvalue weighted by molar-refractivity contribution is 14.1. The van der Waals surface area contributed by atoms with Crippen molar-refractivity contribution in [3.8, 4) is 0 Å². The molecule has 0 aromatic heterocycles. The van der Waals surface area contributed by atoms with Gasteiger partial charge in [0.1, 0.15) is 0 Å². The third-order valence-corrected chi connectivity index (χ3v) is 3.83. The molecule has 2 rings (SSSR count). The highest BCUT2D eigenvalue weighted by Crippen LogP contribution is 2.24. The molecule has 5 heteroatoms. The van der Waals surface area contributed by atoms with Crippen LogP contribution in [0.2, 0.25) is 5.02 Å². The second-order valence-electron chi connectivity index (χ2n) is 3.91. The smallest absolute Gasteiger partial charge is 0.255 e. The number of hydrogen-bond acceptors (Lipinski definition) is 1. The molecule has 0 spiro atoms. The van der Waals surface area contributed by atoms with Gasteiger partial charge in [-0.25, -0.2) is 0 Å². The number of carbonyl (C=O) groups excluding carboxylic acids is 1. The van der Waals surface area contributed by atoms with Crippen LogP contribution < -0.4 is 5.32 Å². The molecule has 0 aliphatic carbocycles. The summed E-state index contributed by atoms with van der Waals surface area (Å²) in [6, 6.07) is 12.7. The van der Waals surface area contributed by atoms with Crippen LogP contribution in [0.15, 0.2) is 42.5 Å². The third-order valence-electron chi connectivity index (χ3n) is 2.52. The van der Waals surface area contributed by atoms with Crippen molar-refractivity contribution in [1.82, 2.24) is 0 Å². The van der Waals surface area contributed by atoms with E-state index in [2.05, 4.69) is 27.9 Å². The molecule has 0 saturated carbocycles. The van der Waals surface area contributed by atoms with E-state index in [0.29, 0.717) is 22.2 Å². The molecule has 0 aliphatic heterocycles. The topological polar surface area (TPSA) is 29.1 Å². The second-order valence-corrected chi connectivity index (χ2v) is 5.83. The van der Waals surface area contributed by atoms with Gasteiger partial charge in [0.15, 0.2) is 0 Å². The number of rotatable bonds is 3. The SMILES string of the molecule is O=C(Nc1cc(I)ccc1Cl)c1cccc(CCl)c1. The highest BCUT2D eigenvalue weighted by Gasteiger charge is 2.09. The number of hydrogen-bond donors (Lipinski definition) is 1. The lowest BCUT2D eigenvalue weighted by molar-refractivity contribution is 0.102. The largest absolute Gasteiger partial charge is 0.321 e. The summed E-state index contributed by atoms with van der Waals surface area (Å²) >= 11 is 14.0. The fraction of sp³-hybridized carbons (Fsp3) is 0.0714. The third kappa shape index (κ3) is 3.84. The molecule has 2 aromatic rings. The molecular formula is C14H10Cl2INO. The van der Waals surface area contributed by atoms with E-state index >= 15 is 0 Å². The summed E-state index contributed by atoms with van der Waals surface area (Å²) in [6.45, 7) is 0. The molecule has 98 valence electrons. The molecule has 2 aromatic carbocycles. The molecule has 0 fully saturated rings. The first-order valence-electron chi connectivity index (χ1n) is 5.51. The van der Waals surface area contributed by atoms with Crippen LogP contribution in [0.1, 0.15) is 15.9 Å².